The first-order chi connectivity index (χ1) is 18.3. The van der Waals surface area contributed by atoms with Crippen molar-refractivity contribution < 1.29 is 23.9 Å². The summed E-state index contributed by atoms with van der Waals surface area (Å²) in [7, 11) is 2.89. The molecule has 9 heteroatoms. The van der Waals surface area contributed by atoms with Gasteiger partial charge >= 0.3 is 5.97 Å². The third-order valence-electron chi connectivity index (χ3n) is 6.77. The maximum atomic E-state index is 14.2. The first-order valence-electron chi connectivity index (χ1n) is 12.7. The van der Waals surface area contributed by atoms with Gasteiger partial charge in [-0.2, -0.15) is 0 Å². The number of anilines is 1. The van der Waals surface area contributed by atoms with E-state index in [0.717, 1.165) is 37.1 Å². The highest BCUT2D eigenvalue weighted by Crippen LogP contribution is 2.33. The number of aromatic nitrogens is 1. The van der Waals surface area contributed by atoms with Crippen LogP contribution in [0, 0.1) is 13.8 Å². The molecule has 200 valence electrons. The predicted octanol–water partition coefficient (Wildman–Crippen LogP) is 5.39. The van der Waals surface area contributed by atoms with Crippen molar-refractivity contribution in [3.8, 4) is 5.75 Å². The molecule has 4 rings (SSSR count). The van der Waals surface area contributed by atoms with E-state index in [1.54, 1.807) is 62.6 Å². The van der Waals surface area contributed by atoms with Crippen molar-refractivity contribution in [2.75, 3.05) is 19.1 Å². The first kappa shape index (κ1) is 27.3. The molecule has 8 nitrogen and oxygen atoms in total. The van der Waals surface area contributed by atoms with Crippen LogP contribution in [0.4, 0.5) is 5.69 Å². The maximum absolute atomic E-state index is 14.2. The quantitative estimate of drug-likeness (QED) is 0.388. The molecule has 0 unspecified atom stereocenters. The Morgan fingerprint density at radius 2 is 1.63 bits per heavy atom. The second-order valence-corrected chi connectivity index (χ2v) is 10.6. The lowest BCUT2D eigenvalue weighted by Crippen LogP contribution is -2.47. The number of benzene rings is 2. The van der Waals surface area contributed by atoms with Gasteiger partial charge in [0.15, 0.2) is 0 Å². The lowest BCUT2D eigenvalue weighted by atomic mass is 9.94. The van der Waals surface area contributed by atoms with Crippen LogP contribution in [0.15, 0.2) is 48.5 Å². The molecule has 1 aromatic heterocycles. The van der Waals surface area contributed by atoms with Crippen molar-refractivity contribution in [3.63, 3.8) is 0 Å². The fourth-order valence-corrected chi connectivity index (χ4v) is 5.69. The van der Waals surface area contributed by atoms with E-state index >= 15 is 0 Å². The monoisotopic (exact) mass is 535 g/mol. The molecule has 1 N–H and O–H groups in total. The fraction of sp³-hybridized carbons (Fsp3) is 0.379. The highest BCUT2D eigenvalue weighted by molar-refractivity contribution is 7.13. The summed E-state index contributed by atoms with van der Waals surface area (Å²) < 4.78 is 10.2. The Bertz CT molecular complexity index is 1280. The summed E-state index contributed by atoms with van der Waals surface area (Å²) in [5, 5.41) is 3.97. The molecular formula is C29H33N3O5S. The van der Waals surface area contributed by atoms with Crippen LogP contribution < -0.4 is 15.0 Å². The molecule has 1 fully saturated rings. The number of nitrogens with zero attached hydrogens (tertiary/aromatic N) is 2. The molecule has 1 atom stereocenters. The number of esters is 1. The van der Waals surface area contributed by atoms with Gasteiger partial charge in [-0.3, -0.25) is 14.5 Å². The van der Waals surface area contributed by atoms with Crippen LogP contribution in [0.3, 0.4) is 0 Å². The summed E-state index contributed by atoms with van der Waals surface area (Å²) in [6, 6.07) is 12.8. The standard InChI is InChI=1S/C29H33N3O5S/c1-18-26(38-19(2)30-18)28(34)32(23-14-10-21(11-15-23)29(35)37-4)25(20-12-16-24(36-3)17-13-20)27(33)31-22-8-6-5-7-9-22/h10-17,22,25H,5-9H2,1-4H3,(H,31,33)/t25-/m1/s1. The number of ether oxygens (including phenoxy) is 2. The zero-order valence-corrected chi connectivity index (χ0v) is 23.0. The zero-order chi connectivity index (χ0) is 27.2. The molecule has 2 aromatic carbocycles. The van der Waals surface area contributed by atoms with Crippen molar-refractivity contribution >= 4 is 34.8 Å². The third-order valence-corrected chi connectivity index (χ3v) is 7.83. The van der Waals surface area contributed by atoms with E-state index in [-0.39, 0.29) is 17.9 Å². The topological polar surface area (TPSA) is 97.8 Å². The Kier molecular flexibility index (Phi) is 8.78. The summed E-state index contributed by atoms with van der Waals surface area (Å²) in [6.45, 7) is 3.64. The van der Waals surface area contributed by atoms with Gasteiger partial charge in [0.25, 0.3) is 5.91 Å². The number of rotatable bonds is 8. The molecule has 2 amide bonds. The van der Waals surface area contributed by atoms with Crippen LogP contribution in [0.5, 0.6) is 5.75 Å². The normalized spacial score (nSPS) is 14.4. The molecule has 1 aliphatic rings. The smallest absolute Gasteiger partial charge is 0.337 e. The SMILES string of the molecule is COC(=O)c1ccc(N(C(=O)c2sc(C)nc2C)[C@@H](C(=O)NC2CCCCC2)c2ccc(OC)cc2)cc1. The van der Waals surface area contributed by atoms with Gasteiger partial charge in [0.2, 0.25) is 5.91 Å². The van der Waals surface area contributed by atoms with Crippen LogP contribution >= 0.6 is 11.3 Å². The Morgan fingerprint density at radius 1 is 0.974 bits per heavy atom. The van der Waals surface area contributed by atoms with Crippen LogP contribution in [0.25, 0.3) is 0 Å². The van der Waals surface area contributed by atoms with E-state index < -0.39 is 12.0 Å². The van der Waals surface area contributed by atoms with Crippen LogP contribution in [-0.4, -0.2) is 43.0 Å². The largest absolute Gasteiger partial charge is 0.497 e. The van der Waals surface area contributed by atoms with E-state index in [4.69, 9.17) is 9.47 Å². The average Bonchev–Trinajstić information content (AvgIpc) is 3.29. The molecule has 0 saturated heterocycles. The number of carbonyl (C=O) groups is 3. The van der Waals surface area contributed by atoms with E-state index in [0.29, 0.717) is 33.1 Å². The third kappa shape index (κ3) is 6.05. The molecule has 1 aliphatic carbocycles. The van der Waals surface area contributed by atoms with E-state index in [1.807, 2.05) is 6.92 Å². The molecular weight excluding hydrogens is 502 g/mol. The fourth-order valence-electron chi connectivity index (χ4n) is 4.83. The number of hydrogen-bond donors (Lipinski definition) is 1. The number of nitrogens with one attached hydrogen (secondary N) is 1. The molecule has 0 spiro atoms. The van der Waals surface area contributed by atoms with Gasteiger partial charge in [-0.05, 0) is 68.7 Å². The summed E-state index contributed by atoms with van der Waals surface area (Å²) in [5.41, 5.74) is 2.08. The highest BCUT2D eigenvalue weighted by atomic mass is 32.1. The van der Waals surface area contributed by atoms with Gasteiger partial charge in [0, 0.05) is 11.7 Å². The molecule has 1 saturated carbocycles. The Labute approximate surface area is 227 Å². The van der Waals surface area contributed by atoms with Gasteiger partial charge in [-0.25, -0.2) is 9.78 Å². The number of amides is 2. The Balaban J connectivity index is 1.83. The van der Waals surface area contributed by atoms with Gasteiger partial charge in [0.1, 0.15) is 16.7 Å². The lowest BCUT2D eigenvalue weighted by Gasteiger charge is -2.33. The predicted molar refractivity (Wildman–Crippen MR) is 147 cm³/mol. The highest BCUT2D eigenvalue weighted by Gasteiger charge is 2.36. The number of thiazole rings is 1. The van der Waals surface area contributed by atoms with Crippen molar-refractivity contribution in [3.05, 3.63) is 75.2 Å². The Morgan fingerprint density at radius 3 is 2.18 bits per heavy atom. The van der Waals surface area contributed by atoms with Crippen molar-refractivity contribution in [1.29, 1.82) is 0 Å². The lowest BCUT2D eigenvalue weighted by molar-refractivity contribution is -0.123. The molecule has 38 heavy (non-hydrogen) atoms. The zero-order valence-electron chi connectivity index (χ0n) is 22.2. The van der Waals surface area contributed by atoms with Gasteiger partial charge in [-0.1, -0.05) is 31.4 Å². The van der Waals surface area contributed by atoms with E-state index in [9.17, 15) is 14.4 Å². The van der Waals surface area contributed by atoms with Gasteiger partial charge < -0.3 is 14.8 Å². The minimum Gasteiger partial charge on any atom is -0.497 e. The second-order valence-electron chi connectivity index (χ2n) is 9.38. The van der Waals surface area contributed by atoms with Crippen LogP contribution in [0.1, 0.15) is 74.4 Å². The average molecular weight is 536 g/mol. The van der Waals surface area contributed by atoms with Crippen molar-refractivity contribution in [2.45, 2.75) is 58.0 Å². The second kappa shape index (κ2) is 12.2. The van der Waals surface area contributed by atoms with E-state index in [2.05, 4.69) is 10.3 Å². The Hall–Kier alpha value is -3.72. The molecule has 3 aromatic rings. The summed E-state index contributed by atoms with van der Waals surface area (Å²) in [4.78, 5) is 46.7. The summed E-state index contributed by atoms with van der Waals surface area (Å²) in [6.07, 6.45) is 5.12. The van der Waals surface area contributed by atoms with Crippen LogP contribution in [0.2, 0.25) is 0 Å². The molecule has 0 radical (unpaired) electrons. The minimum absolute atomic E-state index is 0.0584. The molecule has 0 bridgehead atoms. The molecule has 0 aliphatic heterocycles. The summed E-state index contributed by atoms with van der Waals surface area (Å²) >= 11 is 1.30. The summed E-state index contributed by atoms with van der Waals surface area (Å²) in [5.74, 6) is -0.426. The minimum atomic E-state index is -0.957. The first-order valence-corrected chi connectivity index (χ1v) is 13.5. The maximum Gasteiger partial charge on any atom is 0.337 e. The van der Waals surface area contributed by atoms with Crippen LogP contribution in [-0.2, 0) is 9.53 Å². The molecule has 1 heterocycles. The van der Waals surface area contributed by atoms with E-state index in [1.165, 1.54) is 23.3 Å². The van der Waals surface area contributed by atoms with Gasteiger partial charge in [0.05, 0.1) is 30.5 Å². The number of methoxy groups -OCH3 is 2. The number of carbonyl (C=O) groups excluding carboxylic acids is 3. The number of hydrogen-bond acceptors (Lipinski definition) is 7. The van der Waals surface area contributed by atoms with Gasteiger partial charge in [-0.15, -0.1) is 11.3 Å². The van der Waals surface area contributed by atoms with Crippen molar-refractivity contribution in [1.82, 2.24) is 10.3 Å². The van der Waals surface area contributed by atoms with Crippen molar-refractivity contribution in [2.24, 2.45) is 0 Å². The number of aryl methyl sites for hydroxylation is 2.